The van der Waals surface area contributed by atoms with Crippen molar-refractivity contribution in [3.8, 4) is 11.5 Å². The normalized spacial score (nSPS) is 9.83. The van der Waals surface area contributed by atoms with Crippen molar-refractivity contribution in [3.63, 3.8) is 0 Å². The van der Waals surface area contributed by atoms with Gasteiger partial charge in [-0.15, -0.1) is 0 Å². The Bertz CT molecular complexity index is 512. The van der Waals surface area contributed by atoms with Gasteiger partial charge in [0, 0.05) is 18.1 Å². The van der Waals surface area contributed by atoms with E-state index in [0.29, 0.717) is 17.2 Å². The maximum Gasteiger partial charge on any atom is 0.250 e. The molecule has 0 spiro atoms. The van der Waals surface area contributed by atoms with Gasteiger partial charge in [0.1, 0.15) is 18.1 Å². The molecule has 1 aromatic carbocycles. The molecule has 5 heteroatoms. The number of pyridine rings is 1. The molecule has 0 fully saturated rings. The van der Waals surface area contributed by atoms with Crippen molar-refractivity contribution >= 4 is 11.6 Å². The van der Waals surface area contributed by atoms with Gasteiger partial charge in [0.05, 0.1) is 0 Å². The molecule has 0 saturated heterocycles. The number of carbonyl (C=O) groups excluding carboxylic acids is 1. The first kappa shape index (κ1) is 12.1. The predicted molar refractivity (Wildman–Crippen MR) is 66.5 cm³/mol. The molecule has 0 bridgehead atoms. The maximum absolute atomic E-state index is 11.0. The number of aliphatic hydroxyl groups excluding tert-OH is 1. The Morgan fingerprint density at radius 2 is 1.72 bits per heavy atom. The van der Waals surface area contributed by atoms with Crippen LogP contribution in [0, 0.1) is 0 Å². The van der Waals surface area contributed by atoms with E-state index in [2.05, 4.69) is 10.3 Å². The maximum atomic E-state index is 11.0. The summed E-state index contributed by atoms with van der Waals surface area (Å²) in [5.74, 6) is 0.901. The van der Waals surface area contributed by atoms with Gasteiger partial charge in [0.15, 0.2) is 0 Å². The number of amides is 1. The average Bonchev–Trinajstić information content (AvgIpc) is 2.42. The zero-order chi connectivity index (χ0) is 12.8. The number of aromatic nitrogens is 1. The van der Waals surface area contributed by atoms with Crippen molar-refractivity contribution in [1.82, 2.24) is 4.98 Å². The molecule has 0 aliphatic heterocycles. The van der Waals surface area contributed by atoms with Crippen molar-refractivity contribution in [1.29, 1.82) is 0 Å². The van der Waals surface area contributed by atoms with E-state index in [1.165, 1.54) is 0 Å². The first-order valence-electron chi connectivity index (χ1n) is 5.36. The van der Waals surface area contributed by atoms with Crippen LogP contribution in [0.5, 0.6) is 11.5 Å². The molecule has 0 aliphatic carbocycles. The van der Waals surface area contributed by atoms with Crippen LogP contribution in [-0.2, 0) is 4.79 Å². The van der Waals surface area contributed by atoms with Gasteiger partial charge in [-0.2, -0.15) is 0 Å². The molecule has 2 N–H and O–H groups in total. The number of hydrogen-bond donors (Lipinski definition) is 2. The van der Waals surface area contributed by atoms with Crippen molar-refractivity contribution in [2.24, 2.45) is 0 Å². The molecule has 0 unspecified atom stereocenters. The van der Waals surface area contributed by atoms with Gasteiger partial charge in [-0.1, -0.05) is 0 Å². The van der Waals surface area contributed by atoms with Gasteiger partial charge in [0.25, 0.3) is 0 Å². The quantitative estimate of drug-likeness (QED) is 0.860. The first-order chi connectivity index (χ1) is 8.78. The molecule has 1 aromatic heterocycles. The molecule has 0 radical (unpaired) electrons. The summed E-state index contributed by atoms with van der Waals surface area (Å²) in [6, 6.07) is 10.4. The third kappa shape index (κ3) is 3.29. The van der Waals surface area contributed by atoms with Crippen LogP contribution in [0.1, 0.15) is 0 Å². The van der Waals surface area contributed by atoms with Crippen molar-refractivity contribution in [2.75, 3.05) is 11.9 Å². The molecule has 2 rings (SSSR count). The standard InChI is InChI=1S/C13H12N2O3/c16-9-13(17)15-10-1-3-11(4-2-10)18-12-5-7-14-8-6-12/h1-8,16H,9H2,(H,15,17). The lowest BCUT2D eigenvalue weighted by Crippen LogP contribution is -2.15. The van der Waals surface area contributed by atoms with Crippen LogP contribution in [0.4, 0.5) is 5.69 Å². The fraction of sp³-hybridized carbons (Fsp3) is 0.0769. The van der Waals surface area contributed by atoms with Gasteiger partial charge in [-0.3, -0.25) is 9.78 Å². The molecular formula is C13H12N2O3. The number of carbonyl (C=O) groups is 1. The Hall–Kier alpha value is -2.40. The summed E-state index contributed by atoms with van der Waals surface area (Å²) in [7, 11) is 0. The molecule has 2 aromatic rings. The first-order valence-corrected chi connectivity index (χ1v) is 5.36. The molecule has 18 heavy (non-hydrogen) atoms. The summed E-state index contributed by atoms with van der Waals surface area (Å²) in [6.07, 6.45) is 3.29. The highest BCUT2D eigenvalue weighted by atomic mass is 16.5. The second-order valence-corrected chi connectivity index (χ2v) is 3.52. The number of benzene rings is 1. The minimum Gasteiger partial charge on any atom is -0.457 e. The number of nitrogens with zero attached hydrogens (tertiary/aromatic N) is 1. The largest absolute Gasteiger partial charge is 0.457 e. The van der Waals surface area contributed by atoms with Crippen LogP contribution in [0.2, 0.25) is 0 Å². The van der Waals surface area contributed by atoms with Crippen LogP contribution in [0.25, 0.3) is 0 Å². The molecular weight excluding hydrogens is 232 g/mol. The third-order valence-corrected chi connectivity index (χ3v) is 2.17. The van der Waals surface area contributed by atoms with E-state index in [1.807, 2.05) is 0 Å². The average molecular weight is 244 g/mol. The van der Waals surface area contributed by atoms with Gasteiger partial charge in [-0.25, -0.2) is 0 Å². The fourth-order valence-corrected chi connectivity index (χ4v) is 1.35. The fourth-order valence-electron chi connectivity index (χ4n) is 1.35. The highest BCUT2D eigenvalue weighted by Gasteiger charge is 2.00. The summed E-state index contributed by atoms with van der Waals surface area (Å²) < 4.78 is 5.56. The molecule has 5 nitrogen and oxygen atoms in total. The molecule has 0 saturated carbocycles. The minimum absolute atomic E-state index is 0.446. The highest BCUT2D eigenvalue weighted by Crippen LogP contribution is 2.22. The van der Waals surface area contributed by atoms with Crippen molar-refractivity contribution in [3.05, 3.63) is 48.8 Å². The summed E-state index contributed by atoms with van der Waals surface area (Å²) in [5, 5.41) is 11.1. The smallest absolute Gasteiger partial charge is 0.250 e. The molecule has 1 heterocycles. The highest BCUT2D eigenvalue weighted by molar-refractivity contribution is 5.91. The Morgan fingerprint density at radius 1 is 1.11 bits per heavy atom. The number of aliphatic hydroxyl groups is 1. The Labute approximate surface area is 104 Å². The second kappa shape index (κ2) is 5.79. The lowest BCUT2D eigenvalue weighted by Gasteiger charge is -2.07. The van der Waals surface area contributed by atoms with E-state index in [9.17, 15) is 4.79 Å². The second-order valence-electron chi connectivity index (χ2n) is 3.52. The van der Waals surface area contributed by atoms with Crippen molar-refractivity contribution in [2.45, 2.75) is 0 Å². The molecule has 92 valence electrons. The molecule has 0 atom stereocenters. The van der Waals surface area contributed by atoms with Crippen LogP contribution < -0.4 is 10.1 Å². The SMILES string of the molecule is O=C(CO)Nc1ccc(Oc2ccncc2)cc1. The Morgan fingerprint density at radius 3 is 2.33 bits per heavy atom. The van der Waals surface area contributed by atoms with E-state index in [1.54, 1.807) is 48.8 Å². The Kier molecular flexibility index (Phi) is 3.88. The minimum atomic E-state index is -0.532. The molecule has 1 amide bonds. The Balaban J connectivity index is 2.02. The summed E-state index contributed by atoms with van der Waals surface area (Å²) in [6.45, 7) is -0.532. The summed E-state index contributed by atoms with van der Waals surface area (Å²) >= 11 is 0. The van der Waals surface area contributed by atoms with E-state index in [0.717, 1.165) is 0 Å². The topological polar surface area (TPSA) is 71.5 Å². The van der Waals surface area contributed by atoms with Crippen LogP contribution in [0.3, 0.4) is 0 Å². The van der Waals surface area contributed by atoms with Crippen LogP contribution >= 0.6 is 0 Å². The van der Waals surface area contributed by atoms with Crippen molar-refractivity contribution < 1.29 is 14.6 Å². The lowest BCUT2D eigenvalue weighted by atomic mass is 10.3. The predicted octanol–water partition coefficient (Wildman–Crippen LogP) is 1.80. The zero-order valence-corrected chi connectivity index (χ0v) is 9.54. The lowest BCUT2D eigenvalue weighted by molar-refractivity contribution is -0.118. The van der Waals surface area contributed by atoms with Gasteiger partial charge in [-0.05, 0) is 36.4 Å². The van der Waals surface area contributed by atoms with E-state index in [4.69, 9.17) is 9.84 Å². The van der Waals surface area contributed by atoms with Crippen LogP contribution in [-0.4, -0.2) is 22.6 Å². The van der Waals surface area contributed by atoms with E-state index >= 15 is 0 Å². The number of anilines is 1. The van der Waals surface area contributed by atoms with Crippen LogP contribution in [0.15, 0.2) is 48.8 Å². The number of hydrogen-bond acceptors (Lipinski definition) is 4. The van der Waals surface area contributed by atoms with Gasteiger partial charge < -0.3 is 15.2 Å². The van der Waals surface area contributed by atoms with E-state index in [-0.39, 0.29) is 0 Å². The number of ether oxygens (including phenoxy) is 1. The van der Waals surface area contributed by atoms with Gasteiger partial charge >= 0.3 is 0 Å². The van der Waals surface area contributed by atoms with E-state index < -0.39 is 12.5 Å². The zero-order valence-electron chi connectivity index (χ0n) is 9.54. The summed E-state index contributed by atoms with van der Waals surface area (Å²) in [4.78, 5) is 14.8. The monoisotopic (exact) mass is 244 g/mol. The van der Waals surface area contributed by atoms with Gasteiger partial charge in [0.2, 0.25) is 5.91 Å². The number of nitrogens with one attached hydrogen (secondary N) is 1. The third-order valence-electron chi connectivity index (χ3n) is 2.17. The summed E-state index contributed by atoms with van der Waals surface area (Å²) in [5.41, 5.74) is 0.608. The number of rotatable bonds is 4. The molecule has 0 aliphatic rings.